The van der Waals surface area contributed by atoms with Gasteiger partial charge in [0.05, 0.1) is 6.10 Å². The van der Waals surface area contributed by atoms with Crippen LogP contribution in [0.25, 0.3) is 0 Å². The second-order valence-electron chi connectivity index (χ2n) is 9.47. The van der Waals surface area contributed by atoms with Crippen molar-refractivity contribution in [1.82, 2.24) is 0 Å². The number of hydrogen-bond donors (Lipinski definition) is 2. The van der Waals surface area contributed by atoms with Gasteiger partial charge in [-0.05, 0) is 61.7 Å². The molecule has 0 aromatic carbocycles. The van der Waals surface area contributed by atoms with E-state index in [0.717, 1.165) is 25.7 Å². The van der Waals surface area contributed by atoms with E-state index in [2.05, 4.69) is 19.9 Å². The maximum atomic E-state index is 11.6. The smallest absolute Gasteiger partial charge is 0.305 e. The fraction of sp³-hybridized carbons (Fsp3) is 0.857. The number of ether oxygens (including phenoxy) is 1. The number of aliphatic hydroxyl groups excluding tert-OH is 1. The molecule has 0 heterocycles. The molecule has 3 fully saturated rings. The Morgan fingerprint density at radius 1 is 1.16 bits per heavy atom. The van der Waals surface area contributed by atoms with E-state index in [1.165, 1.54) is 31.8 Å². The number of aliphatic hydroxyl groups is 2. The largest absolute Gasteiger partial charge is 0.433 e. The van der Waals surface area contributed by atoms with Crippen LogP contribution in [0.5, 0.6) is 0 Å². The highest BCUT2D eigenvalue weighted by Gasteiger charge is 2.66. The third-order valence-corrected chi connectivity index (χ3v) is 8.43. The predicted octanol–water partition coefficient (Wildman–Crippen LogP) is 3.56. The van der Waals surface area contributed by atoms with Crippen LogP contribution in [0, 0.1) is 28.6 Å². The van der Waals surface area contributed by atoms with E-state index in [4.69, 9.17) is 4.74 Å². The Morgan fingerprint density at radius 3 is 2.60 bits per heavy atom. The lowest BCUT2D eigenvalue weighted by atomic mass is 9.47. The third kappa shape index (κ3) is 2.29. The molecule has 140 valence electrons. The second-order valence-corrected chi connectivity index (χ2v) is 9.47. The summed E-state index contributed by atoms with van der Waals surface area (Å²) in [6.07, 6.45) is 9.69. The summed E-state index contributed by atoms with van der Waals surface area (Å²) >= 11 is 0. The zero-order chi connectivity index (χ0) is 18.0. The highest BCUT2D eigenvalue weighted by molar-refractivity contribution is 5.66. The van der Waals surface area contributed by atoms with Crippen molar-refractivity contribution in [1.29, 1.82) is 0 Å². The molecule has 7 atom stereocenters. The molecular weight excluding hydrogens is 316 g/mol. The minimum Gasteiger partial charge on any atom is -0.433 e. The lowest BCUT2D eigenvalue weighted by Crippen LogP contribution is -2.58. The number of carbonyl (C=O) groups is 1. The van der Waals surface area contributed by atoms with E-state index in [-0.39, 0.29) is 17.3 Å². The van der Waals surface area contributed by atoms with Crippen LogP contribution < -0.4 is 0 Å². The first-order valence-electron chi connectivity index (χ1n) is 10.0. The Labute approximate surface area is 150 Å². The molecule has 0 bridgehead atoms. The number of allylic oxidation sites excluding steroid dienone is 1. The third-order valence-electron chi connectivity index (χ3n) is 8.43. The summed E-state index contributed by atoms with van der Waals surface area (Å²) in [7, 11) is 0. The first kappa shape index (κ1) is 17.5. The van der Waals surface area contributed by atoms with Crippen molar-refractivity contribution in [2.24, 2.45) is 28.6 Å². The molecule has 4 nitrogen and oxygen atoms in total. The number of rotatable bonds is 1. The Kier molecular flexibility index (Phi) is 3.90. The molecule has 4 rings (SSSR count). The van der Waals surface area contributed by atoms with Crippen molar-refractivity contribution in [2.75, 3.05) is 0 Å². The molecule has 0 aromatic rings. The highest BCUT2D eigenvalue weighted by atomic mass is 16.7. The van der Waals surface area contributed by atoms with E-state index in [9.17, 15) is 15.0 Å². The molecule has 0 aromatic heterocycles. The predicted molar refractivity (Wildman–Crippen MR) is 94.4 cm³/mol. The number of esters is 1. The molecule has 0 spiro atoms. The lowest BCUT2D eigenvalue weighted by molar-refractivity contribution is -0.265. The Balaban J connectivity index is 1.71. The van der Waals surface area contributed by atoms with Crippen LogP contribution in [0.15, 0.2) is 11.6 Å². The minimum atomic E-state index is -1.38. The molecular formula is C21H32O4. The van der Waals surface area contributed by atoms with Gasteiger partial charge in [0.2, 0.25) is 5.79 Å². The maximum absolute atomic E-state index is 11.6. The zero-order valence-corrected chi connectivity index (χ0v) is 15.8. The van der Waals surface area contributed by atoms with Gasteiger partial charge in [0.25, 0.3) is 0 Å². The van der Waals surface area contributed by atoms with Gasteiger partial charge in [-0.1, -0.05) is 31.9 Å². The standard InChI is InChI=1S/C21H32O4/c1-13(22)25-21(24)11-8-16-18-15(7-10-20(16,21)3)19(2)9-5-4-6-14(19)12-17(18)23/h12,15-18,23-24H,4-11H2,1-3H3/t15-,16+,17?,18-,19+,20+,21?/m1/s1. The van der Waals surface area contributed by atoms with Crippen LogP contribution in [0.2, 0.25) is 0 Å². The van der Waals surface area contributed by atoms with Crippen LogP contribution in [0.4, 0.5) is 0 Å². The van der Waals surface area contributed by atoms with Crippen molar-refractivity contribution in [2.45, 2.75) is 84.0 Å². The average Bonchev–Trinajstić information content (AvgIpc) is 2.79. The van der Waals surface area contributed by atoms with Crippen molar-refractivity contribution in [3.8, 4) is 0 Å². The summed E-state index contributed by atoms with van der Waals surface area (Å²) in [6.45, 7) is 5.84. The van der Waals surface area contributed by atoms with Gasteiger partial charge >= 0.3 is 5.97 Å². The number of fused-ring (bicyclic) bond motifs is 5. The SMILES string of the molecule is CC(=O)OC1(O)CC[C@H]2[C@@H]3C(O)C=C4CCCC[C@]4(C)[C@@H]3CC[C@@]21C. The quantitative estimate of drug-likeness (QED) is 0.432. The fourth-order valence-corrected chi connectivity index (χ4v) is 7.06. The van der Waals surface area contributed by atoms with Gasteiger partial charge in [-0.2, -0.15) is 0 Å². The molecule has 2 N–H and O–H groups in total. The molecule has 0 aliphatic heterocycles. The van der Waals surface area contributed by atoms with Crippen LogP contribution in [-0.2, 0) is 9.53 Å². The maximum Gasteiger partial charge on any atom is 0.305 e. The molecule has 3 saturated carbocycles. The Morgan fingerprint density at radius 2 is 1.88 bits per heavy atom. The molecule has 4 aliphatic rings. The lowest BCUT2D eigenvalue weighted by Gasteiger charge is -2.59. The highest BCUT2D eigenvalue weighted by Crippen LogP contribution is 2.67. The van der Waals surface area contributed by atoms with Gasteiger partial charge < -0.3 is 14.9 Å². The summed E-state index contributed by atoms with van der Waals surface area (Å²) < 4.78 is 5.44. The normalized spacial score (nSPS) is 51.8. The summed E-state index contributed by atoms with van der Waals surface area (Å²) in [5.74, 6) is -0.971. The number of hydrogen-bond acceptors (Lipinski definition) is 4. The average molecular weight is 348 g/mol. The van der Waals surface area contributed by atoms with Gasteiger partial charge in [-0.15, -0.1) is 0 Å². The van der Waals surface area contributed by atoms with E-state index in [0.29, 0.717) is 12.3 Å². The summed E-state index contributed by atoms with van der Waals surface area (Å²) in [5, 5.41) is 22.2. The topological polar surface area (TPSA) is 66.8 Å². The summed E-state index contributed by atoms with van der Waals surface area (Å²) in [4.78, 5) is 11.6. The van der Waals surface area contributed by atoms with E-state index in [1.807, 2.05) is 0 Å². The Bertz CT molecular complexity index is 613. The van der Waals surface area contributed by atoms with Gasteiger partial charge in [0.15, 0.2) is 0 Å². The fourth-order valence-electron chi connectivity index (χ4n) is 7.06. The monoisotopic (exact) mass is 348 g/mol. The molecule has 0 saturated heterocycles. The first-order valence-corrected chi connectivity index (χ1v) is 10.0. The summed E-state index contributed by atoms with van der Waals surface area (Å²) in [5.41, 5.74) is 1.20. The molecule has 0 radical (unpaired) electrons. The van der Waals surface area contributed by atoms with Gasteiger partial charge in [-0.25, -0.2) is 0 Å². The van der Waals surface area contributed by atoms with Crippen molar-refractivity contribution < 1.29 is 19.7 Å². The first-order chi connectivity index (χ1) is 11.7. The number of carbonyl (C=O) groups excluding carboxylic acids is 1. The van der Waals surface area contributed by atoms with Gasteiger partial charge in [-0.3, -0.25) is 4.79 Å². The van der Waals surface area contributed by atoms with E-state index in [1.54, 1.807) is 0 Å². The van der Waals surface area contributed by atoms with Gasteiger partial charge in [0, 0.05) is 18.8 Å². The minimum absolute atomic E-state index is 0.162. The van der Waals surface area contributed by atoms with Crippen LogP contribution in [0.3, 0.4) is 0 Å². The molecule has 2 unspecified atom stereocenters. The zero-order valence-electron chi connectivity index (χ0n) is 15.8. The van der Waals surface area contributed by atoms with Crippen molar-refractivity contribution in [3.05, 3.63) is 11.6 Å². The Hall–Kier alpha value is -0.870. The van der Waals surface area contributed by atoms with Crippen LogP contribution in [-0.4, -0.2) is 28.1 Å². The molecule has 4 heteroatoms. The second kappa shape index (κ2) is 5.56. The van der Waals surface area contributed by atoms with Gasteiger partial charge in [0.1, 0.15) is 0 Å². The van der Waals surface area contributed by atoms with E-state index < -0.39 is 23.3 Å². The van der Waals surface area contributed by atoms with Crippen LogP contribution >= 0.6 is 0 Å². The molecule has 0 amide bonds. The van der Waals surface area contributed by atoms with Crippen molar-refractivity contribution in [3.63, 3.8) is 0 Å². The molecule has 25 heavy (non-hydrogen) atoms. The van der Waals surface area contributed by atoms with E-state index >= 15 is 0 Å². The van der Waals surface area contributed by atoms with Crippen LogP contribution in [0.1, 0.15) is 72.1 Å². The van der Waals surface area contributed by atoms with Crippen molar-refractivity contribution >= 4 is 5.97 Å². The molecule has 4 aliphatic carbocycles. The summed E-state index contributed by atoms with van der Waals surface area (Å²) in [6, 6.07) is 0.